The summed E-state index contributed by atoms with van der Waals surface area (Å²) in [5.41, 5.74) is 3.45. The average molecular weight is 269 g/mol. The monoisotopic (exact) mass is 268 g/mol. The van der Waals surface area contributed by atoms with Crippen LogP contribution < -0.4 is 11.3 Å². The Hall–Kier alpha value is -0.640. The number of nitrogens with one attached hydrogen (secondary N) is 1. The first-order valence-corrected chi connectivity index (χ1v) is 6.96. The van der Waals surface area contributed by atoms with Crippen molar-refractivity contribution < 1.29 is 4.39 Å². The van der Waals surface area contributed by atoms with Gasteiger partial charge in [0, 0.05) is 16.6 Å². The normalized spacial score (nSPS) is 31.2. The third-order valence-electron chi connectivity index (χ3n) is 4.55. The topological polar surface area (TPSA) is 38.0 Å². The Balaban J connectivity index is 1.73. The van der Waals surface area contributed by atoms with E-state index in [-0.39, 0.29) is 11.9 Å². The molecule has 0 spiro atoms. The molecule has 0 aromatic heterocycles. The van der Waals surface area contributed by atoms with Gasteiger partial charge in [-0.25, -0.2) is 4.39 Å². The van der Waals surface area contributed by atoms with Gasteiger partial charge in [0.25, 0.3) is 0 Å². The van der Waals surface area contributed by atoms with Crippen LogP contribution in [-0.4, -0.2) is 6.04 Å². The summed E-state index contributed by atoms with van der Waals surface area (Å²) in [5.74, 6) is 7.79. The summed E-state index contributed by atoms with van der Waals surface area (Å²) in [6, 6.07) is 4.96. The van der Waals surface area contributed by atoms with Crippen LogP contribution in [0.2, 0.25) is 5.02 Å². The van der Waals surface area contributed by atoms with Crippen LogP contribution >= 0.6 is 11.6 Å². The number of benzene rings is 1. The molecule has 98 valence electrons. The van der Waals surface area contributed by atoms with E-state index >= 15 is 0 Å². The third kappa shape index (κ3) is 2.27. The third-order valence-corrected chi connectivity index (χ3v) is 4.90. The van der Waals surface area contributed by atoms with E-state index < -0.39 is 0 Å². The zero-order valence-electron chi connectivity index (χ0n) is 10.2. The number of halogens is 2. The lowest BCUT2D eigenvalue weighted by Crippen LogP contribution is -2.42. The van der Waals surface area contributed by atoms with Gasteiger partial charge in [-0.15, -0.1) is 0 Å². The van der Waals surface area contributed by atoms with Gasteiger partial charge in [-0.05, 0) is 55.6 Å². The van der Waals surface area contributed by atoms with Gasteiger partial charge in [0.1, 0.15) is 5.82 Å². The van der Waals surface area contributed by atoms with E-state index in [1.54, 1.807) is 12.1 Å². The Morgan fingerprint density at radius 2 is 2.06 bits per heavy atom. The summed E-state index contributed by atoms with van der Waals surface area (Å²) < 4.78 is 13.8. The van der Waals surface area contributed by atoms with Crippen molar-refractivity contribution in [2.24, 2.45) is 23.6 Å². The van der Waals surface area contributed by atoms with Crippen molar-refractivity contribution in [2.45, 2.75) is 31.7 Å². The molecule has 3 atom stereocenters. The van der Waals surface area contributed by atoms with Gasteiger partial charge >= 0.3 is 0 Å². The molecule has 0 aliphatic heterocycles. The van der Waals surface area contributed by atoms with Crippen LogP contribution in [0, 0.1) is 23.6 Å². The largest absolute Gasteiger partial charge is 0.271 e. The maximum Gasteiger partial charge on any atom is 0.127 e. The molecule has 4 heteroatoms. The molecule has 2 nitrogen and oxygen atoms in total. The minimum Gasteiger partial charge on any atom is -0.271 e. The number of hydrazine groups is 1. The molecule has 0 heterocycles. The molecule has 3 N–H and O–H groups in total. The lowest BCUT2D eigenvalue weighted by atomic mass is 9.90. The first-order valence-electron chi connectivity index (χ1n) is 6.58. The van der Waals surface area contributed by atoms with Crippen LogP contribution in [-0.2, 0) is 6.42 Å². The fourth-order valence-electron chi connectivity index (χ4n) is 3.40. The van der Waals surface area contributed by atoms with Crippen molar-refractivity contribution in [3.05, 3.63) is 34.6 Å². The molecular weight excluding hydrogens is 251 g/mol. The van der Waals surface area contributed by atoms with Gasteiger partial charge in [0.15, 0.2) is 0 Å². The Kier molecular flexibility index (Phi) is 3.31. The van der Waals surface area contributed by atoms with Gasteiger partial charge in [-0.3, -0.25) is 11.3 Å². The first kappa shape index (κ1) is 12.4. The molecule has 3 rings (SSSR count). The molecule has 2 saturated carbocycles. The molecule has 18 heavy (non-hydrogen) atoms. The van der Waals surface area contributed by atoms with Crippen molar-refractivity contribution in [1.82, 2.24) is 5.43 Å². The van der Waals surface area contributed by atoms with E-state index in [1.807, 2.05) is 0 Å². The molecule has 1 aromatic rings. The van der Waals surface area contributed by atoms with Gasteiger partial charge in [0.2, 0.25) is 0 Å². The fourth-order valence-corrected chi connectivity index (χ4v) is 3.64. The number of rotatable bonds is 4. The zero-order valence-corrected chi connectivity index (χ0v) is 11.0. The predicted octanol–water partition coefficient (Wildman–Crippen LogP) is 2.90. The zero-order chi connectivity index (χ0) is 12.7. The Morgan fingerprint density at radius 1 is 1.33 bits per heavy atom. The molecule has 0 radical (unpaired) electrons. The molecule has 3 unspecified atom stereocenters. The summed E-state index contributed by atoms with van der Waals surface area (Å²) >= 11 is 6.07. The second kappa shape index (κ2) is 4.80. The quantitative estimate of drug-likeness (QED) is 0.651. The summed E-state index contributed by atoms with van der Waals surface area (Å²) in [4.78, 5) is 0. The maximum absolute atomic E-state index is 13.8. The lowest BCUT2D eigenvalue weighted by Gasteiger charge is -2.24. The van der Waals surface area contributed by atoms with Crippen LogP contribution in [0.4, 0.5) is 4.39 Å². The van der Waals surface area contributed by atoms with Crippen molar-refractivity contribution in [2.75, 3.05) is 0 Å². The van der Waals surface area contributed by atoms with E-state index in [4.69, 9.17) is 17.4 Å². The summed E-state index contributed by atoms with van der Waals surface area (Å²) in [6.45, 7) is 0. The standard InChI is InChI=1S/C14H18ClFN2/c15-12-2-1-3-13(16)11(12)7-14(18-17)10-5-8-4-9(8)6-10/h1-3,8-10,14,18H,4-7,17H2. The predicted molar refractivity (Wildman–Crippen MR) is 70.5 cm³/mol. The van der Waals surface area contributed by atoms with Gasteiger partial charge < -0.3 is 0 Å². The smallest absolute Gasteiger partial charge is 0.127 e. The minimum atomic E-state index is -0.231. The molecule has 0 bridgehead atoms. The Morgan fingerprint density at radius 3 is 2.67 bits per heavy atom. The number of hydrogen-bond donors (Lipinski definition) is 2. The molecule has 2 aliphatic carbocycles. The van der Waals surface area contributed by atoms with Crippen molar-refractivity contribution in [1.29, 1.82) is 0 Å². The highest BCUT2D eigenvalue weighted by atomic mass is 35.5. The summed E-state index contributed by atoms with van der Waals surface area (Å²) in [6.07, 6.45) is 4.41. The van der Waals surface area contributed by atoms with E-state index in [2.05, 4.69) is 5.43 Å². The highest BCUT2D eigenvalue weighted by Gasteiger charge is 2.47. The Labute approximate surface area is 112 Å². The van der Waals surface area contributed by atoms with Crippen molar-refractivity contribution in [3.8, 4) is 0 Å². The summed E-state index contributed by atoms with van der Waals surface area (Å²) in [7, 11) is 0. The van der Waals surface area contributed by atoms with E-state index in [1.165, 1.54) is 25.3 Å². The van der Waals surface area contributed by atoms with Crippen molar-refractivity contribution in [3.63, 3.8) is 0 Å². The van der Waals surface area contributed by atoms with Crippen LogP contribution in [0.15, 0.2) is 18.2 Å². The molecule has 1 aromatic carbocycles. The van der Waals surface area contributed by atoms with Crippen molar-refractivity contribution >= 4 is 11.6 Å². The van der Waals surface area contributed by atoms with Crippen LogP contribution in [0.3, 0.4) is 0 Å². The number of nitrogens with two attached hydrogens (primary N) is 1. The lowest BCUT2D eigenvalue weighted by molar-refractivity contribution is 0.333. The second-order valence-electron chi connectivity index (χ2n) is 5.66. The highest BCUT2D eigenvalue weighted by Crippen LogP contribution is 2.55. The second-order valence-corrected chi connectivity index (χ2v) is 6.07. The van der Waals surface area contributed by atoms with Gasteiger partial charge in [0.05, 0.1) is 0 Å². The molecule has 2 fully saturated rings. The number of hydrogen-bond acceptors (Lipinski definition) is 2. The molecular formula is C14H18ClFN2. The first-order chi connectivity index (χ1) is 8.69. The maximum atomic E-state index is 13.8. The van der Waals surface area contributed by atoms with Crippen LogP contribution in [0.1, 0.15) is 24.8 Å². The van der Waals surface area contributed by atoms with Crippen LogP contribution in [0.5, 0.6) is 0 Å². The average Bonchev–Trinajstić information content (AvgIpc) is 2.96. The molecule has 0 amide bonds. The van der Waals surface area contributed by atoms with Gasteiger partial charge in [-0.1, -0.05) is 17.7 Å². The highest BCUT2D eigenvalue weighted by molar-refractivity contribution is 6.31. The van der Waals surface area contributed by atoms with E-state index in [0.717, 1.165) is 11.8 Å². The Bertz CT molecular complexity index is 421. The minimum absolute atomic E-state index is 0.132. The van der Waals surface area contributed by atoms with Crippen LogP contribution in [0.25, 0.3) is 0 Å². The molecule has 2 aliphatic rings. The number of fused-ring (bicyclic) bond motifs is 1. The molecule has 0 saturated heterocycles. The summed E-state index contributed by atoms with van der Waals surface area (Å²) in [5, 5.41) is 0.499. The fraction of sp³-hybridized carbons (Fsp3) is 0.571. The van der Waals surface area contributed by atoms with E-state index in [9.17, 15) is 4.39 Å². The van der Waals surface area contributed by atoms with Gasteiger partial charge in [-0.2, -0.15) is 0 Å². The SMILES string of the molecule is NNC(Cc1c(F)cccc1Cl)C1CC2CC2C1. The van der Waals surface area contributed by atoms with E-state index in [0.29, 0.717) is 22.9 Å².